The molecule has 0 saturated heterocycles. The highest BCUT2D eigenvalue weighted by molar-refractivity contribution is 5.16. The van der Waals surface area contributed by atoms with E-state index in [1.165, 1.54) is 36.8 Å². The van der Waals surface area contributed by atoms with Gasteiger partial charge in [0.15, 0.2) is 0 Å². The molecule has 0 amide bonds. The predicted octanol–water partition coefficient (Wildman–Crippen LogP) is 3.06. The summed E-state index contributed by atoms with van der Waals surface area (Å²) in [7, 11) is 0. The van der Waals surface area contributed by atoms with Crippen molar-refractivity contribution in [1.82, 2.24) is 10.3 Å². The molecule has 2 rings (SSSR count). The maximum absolute atomic E-state index is 4.21. The molecule has 1 aliphatic carbocycles. The normalized spacial score (nSPS) is 18.1. The van der Waals surface area contributed by atoms with E-state index in [-0.39, 0.29) is 0 Å². The molecule has 0 radical (unpaired) electrons. The van der Waals surface area contributed by atoms with Crippen LogP contribution in [0.5, 0.6) is 0 Å². The van der Waals surface area contributed by atoms with Gasteiger partial charge in [0.2, 0.25) is 0 Å². The van der Waals surface area contributed by atoms with Crippen molar-refractivity contribution in [2.75, 3.05) is 6.54 Å². The van der Waals surface area contributed by atoms with Crippen molar-refractivity contribution in [3.8, 4) is 0 Å². The largest absolute Gasteiger partial charge is 0.312 e. The zero-order valence-electron chi connectivity index (χ0n) is 10.4. The standard InChI is InChI=1S/C14H22N2/c1-3-14(5-4-6-14)11-16-10-13-7-12(2)8-15-9-13/h7-9,16H,3-6,10-11H2,1-2H3. The topological polar surface area (TPSA) is 24.9 Å². The van der Waals surface area contributed by atoms with E-state index in [9.17, 15) is 0 Å². The number of nitrogens with one attached hydrogen (secondary N) is 1. The lowest BCUT2D eigenvalue weighted by Crippen LogP contribution is -2.39. The van der Waals surface area contributed by atoms with Gasteiger partial charge in [0.1, 0.15) is 0 Å². The molecular formula is C14H22N2. The lowest BCUT2D eigenvalue weighted by molar-refractivity contribution is 0.124. The molecule has 2 nitrogen and oxygen atoms in total. The Morgan fingerprint density at radius 2 is 2.19 bits per heavy atom. The summed E-state index contributed by atoms with van der Waals surface area (Å²) < 4.78 is 0. The Morgan fingerprint density at radius 1 is 1.38 bits per heavy atom. The third-order valence-corrected chi connectivity index (χ3v) is 3.92. The smallest absolute Gasteiger partial charge is 0.0313 e. The first-order valence-corrected chi connectivity index (χ1v) is 6.35. The van der Waals surface area contributed by atoms with Crippen molar-refractivity contribution < 1.29 is 0 Å². The van der Waals surface area contributed by atoms with Crippen molar-refractivity contribution in [3.63, 3.8) is 0 Å². The number of aromatic nitrogens is 1. The summed E-state index contributed by atoms with van der Waals surface area (Å²) in [6.07, 6.45) is 9.40. The third-order valence-electron chi connectivity index (χ3n) is 3.92. The second-order valence-electron chi connectivity index (χ2n) is 5.18. The first kappa shape index (κ1) is 11.6. The molecule has 88 valence electrons. The summed E-state index contributed by atoms with van der Waals surface area (Å²) in [6.45, 7) is 6.53. The highest BCUT2D eigenvalue weighted by atomic mass is 14.9. The molecule has 1 aliphatic rings. The van der Waals surface area contributed by atoms with E-state index in [1.54, 1.807) is 0 Å². The molecule has 1 saturated carbocycles. The Balaban J connectivity index is 1.79. The highest BCUT2D eigenvalue weighted by Crippen LogP contribution is 2.43. The van der Waals surface area contributed by atoms with Crippen molar-refractivity contribution in [2.45, 2.75) is 46.1 Å². The lowest BCUT2D eigenvalue weighted by atomic mass is 9.67. The number of nitrogens with zero attached hydrogens (tertiary/aromatic N) is 1. The fraction of sp³-hybridized carbons (Fsp3) is 0.643. The summed E-state index contributed by atoms with van der Waals surface area (Å²) in [5, 5.41) is 3.58. The first-order chi connectivity index (χ1) is 7.74. The van der Waals surface area contributed by atoms with E-state index in [4.69, 9.17) is 0 Å². The van der Waals surface area contributed by atoms with E-state index in [2.05, 4.69) is 30.2 Å². The van der Waals surface area contributed by atoms with E-state index >= 15 is 0 Å². The molecule has 1 heterocycles. The summed E-state index contributed by atoms with van der Waals surface area (Å²) >= 11 is 0. The summed E-state index contributed by atoms with van der Waals surface area (Å²) in [6, 6.07) is 2.21. The number of rotatable bonds is 5. The summed E-state index contributed by atoms with van der Waals surface area (Å²) in [5.41, 5.74) is 3.15. The van der Waals surface area contributed by atoms with Gasteiger partial charge in [-0.1, -0.05) is 19.4 Å². The number of pyridine rings is 1. The van der Waals surface area contributed by atoms with E-state index in [1.807, 2.05) is 12.4 Å². The molecule has 0 bridgehead atoms. The highest BCUT2D eigenvalue weighted by Gasteiger charge is 2.34. The molecule has 0 aliphatic heterocycles. The minimum absolute atomic E-state index is 0.608. The Morgan fingerprint density at radius 3 is 2.75 bits per heavy atom. The number of aryl methyl sites for hydroxylation is 1. The second kappa shape index (κ2) is 4.96. The van der Waals surface area contributed by atoms with Gasteiger partial charge in [0.25, 0.3) is 0 Å². The van der Waals surface area contributed by atoms with Crippen LogP contribution in [-0.4, -0.2) is 11.5 Å². The average Bonchev–Trinajstić information content (AvgIpc) is 2.22. The molecule has 1 N–H and O–H groups in total. The number of hydrogen-bond acceptors (Lipinski definition) is 2. The van der Waals surface area contributed by atoms with Crippen LogP contribution in [0.1, 0.15) is 43.7 Å². The average molecular weight is 218 g/mol. The maximum Gasteiger partial charge on any atom is 0.0313 e. The Bertz CT molecular complexity index is 337. The molecule has 1 aromatic rings. The fourth-order valence-electron chi connectivity index (χ4n) is 2.52. The molecule has 0 unspecified atom stereocenters. The molecule has 1 fully saturated rings. The van der Waals surface area contributed by atoms with Crippen molar-refractivity contribution in [3.05, 3.63) is 29.6 Å². The summed E-state index contributed by atoms with van der Waals surface area (Å²) in [5.74, 6) is 0. The molecule has 0 spiro atoms. The van der Waals surface area contributed by atoms with Crippen molar-refractivity contribution in [2.24, 2.45) is 5.41 Å². The quantitative estimate of drug-likeness (QED) is 0.821. The van der Waals surface area contributed by atoms with E-state index < -0.39 is 0 Å². The Labute approximate surface area is 98.5 Å². The molecule has 16 heavy (non-hydrogen) atoms. The van der Waals surface area contributed by atoms with Crippen molar-refractivity contribution in [1.29, 1.82) is 0 Å². The SMILES string of the molecule is CCC1(CNCc2cncc(C)c2)CCC1. The van der Waals surface area contributed by atoms with Crippen LogP contribution in [0.2, 0.25) is 0 Å². The molecule has 2 heteroatoms. The molecule has 1 aromatic heterocycles. The van der Waals surface area contributed by atoms with Gasteiger partial charge < -0.3 is 5.32 Å². The van der Waals surface area contributed by atoms with Crippen LogP contribution < -0.4 is 5.32 Å². The maximum atomic E-state index is 4.21. The van der Waals surface area contributed by atoms with E-state index in [0.717, 1.165) is 13.1 Å². The van der Waals surface area contributed by atoms with Crippen LogP contribution in [-0.2, 0) is 6.54 Å². The Hall–Kier alpha value is -0.890. The minimum Gasteiger partial charge on any atom is -0.312 e. The van der Waals surface area contributed by atoms with Gasteiger partial charge >= 0.3 is 0 Å². The van der Waals surface area contributed by atoms with Crippen LogP contribution in [0, 0.1) is 12.3 Å². The monoisotopic (exact) mass is 218 g/mol. The van der Waals surface area contributed by atoms with Gasteiger partial charge in [-0.3, -0.25) is 4.98 Å². The van der Waals surface area contributed by atoms with Gasteiger partial charge in [-0.15, -0.1) is 0 Å². The molecular weight excluding hydrogens is 196 g/mol. The van der Waals surface area contributed by atoms with Gasteiger partial charge in [0.05, 0.1) is 0 Å². The lowest BCUT2D eigenvalue weighted by Gasteiger charge is -2.41. The Kier molecular flexibility index (Phi) is 3.59. The van der Waals surface area contributed by atoms with Crippen LogP contribution in [0.3, 0.4) is 0 Å². The van der Waals surface area contributed by atoms with Gasteiger partial charge in [-0.2, -0.15) is 0 Å². The zero-order chi connectivity index (χ0) is 11.4. The minimum atomic E-state index is 0.608. The first-order valence-electron chi connectivity index (χ1n) is 6.35. The third kappa shape index (κ3) is 2.62. The van der Waals surface area contributed by atoms with Crippen LogP contribution in [0.4, 0.5) is 0 Å². The van der Waals surface area contributed by atoms with Crippen LogP contribution in [0.25, 0.3) is 0 Å². The predicted molar refractivity (Wildman–Crippen MR) is 67.3 cm³/mol. The summed E-state index contributed by atoms with van der Waals surface area (Å²) in [4.78, 5) is 4.21. The fourth-order valence-corrected chi connectivity index (χ4v) is 2.52. The number of hydrogen-bond donors (Lipinski definition) is 1. The van der Waals surface area contributed by atoms with Gasteiger partial charge in [-0.05, 0) is 42.7 Å². The van der Waals surface area contributed by atoms with Crippen molar-refractivity contribution >= 4 is 0 Å². The van der Waals surface area contributed by atoms with Gasteiger partial charge in [-0.25, -0.2) is 0 Å². The van der Waals surface area contributed by atoms with Crippen LogP contribution in [0.15, 0.2) is 18.5 Å². The van der Waals surface area contributed by atoms with E-state index in [0.29, 0.717) is 5.41 Å². The molecule has 0 atom stereocenters. The second-order valence-corrected chi connectivity index (χ2v) is 5.18. The zero-order valence-corrected chi connectivity index (χ0v) is 10.4. The molecule has 0 aromatic carbocycles. The van der Waals surface area contributed by atoms with Crippen LogP contribution >= 0.6 is 0 Å². The van der Waals surface area contributed by atoms with Gasteiger partial charge in [0, 0.05) is 25.5 Å².